The molecule has 1 unspecified atom stereocenters. The molecule has 0 spiro atoms. The Hall–Kier alpha value is -1.29. The zero-order valence-electron chi connectivity index (χ0n) is 12.4. The molecule has 1 atom stereocenters. The molecular weight excluding hydrogens is 319 g/mol. The topological polar surface area (TPSA) is 25.4 Å². The van der Waals surface area contributed by atoms with Crippen LogP contribution in [0.1, 0.15) is 23.5 Å². The molecule has 0 radical (unpaired) electrons. The van der Waals surface area contributed by atoms with Gasteiger partial charge in [-0.05, 0) is 49.3 Å². The Kier molecular flexibility index (Phi) is 4.87. The molecule has 1 aromatic carbocycles. The van der Waals surface area contributed by atoms with E-state index < -0.39 is 0 Å². The minimum absolute atomic E-state index is 0.115. The highest BCUT2D eigenvalue weighted by Gasteiger charge is 2.27. The molecule has 3 nitrogen and oxygen atoms in total. The maximum atomic E-state index is 6.52. The number of methoxy groups -OCH3 is 1. The largest absolute Gasteiger partial charge is 0.496 e. The summed E-state index contributed by atoms with van der Waals surface area (Å²) in [6.45, 7) is 3.16. The molecule has 0 aliphatic carbocycles. The second-order valence-corrected chi connectivity index (χ2v) is 6.25. The first-order valence-corrected chi connectivity index (χ1v) is 8.10. The fraction of sp³-hybridized carbons (Fsp3) is 0.353. The Morgan fingerprint density at radius 3 is 2.50 bits per heavy atom. The predicted molar refractivity (Wildman–Crippen MR) is 90.2 cm³/mol. The van der Waals surface area contributed by atoms with Crippen molar-refractivity contribution in [1.82, 2.24) is 9.88 Å². The molecule has 1 fully saturated rings. The van der Waals surface area contributed by atoms with Gasteiger partial charge in [0.15, 0.2) is 0 Å². The van der Waals surface area contributed by atoms with Gasteiger partial charge < -0.3 is 9.64 Å². The molecule has 1 saturated heterocycles. The second kappa shape index (κ2) is 6.86. The molecule has 0 amide bonds. The Balaban J connectivity index is 2.07. The number of aromatic nitrogens is 1. The predicted octanol–water partition coefficient (Wildman–Crippen LogP) is 4.23. The van der Waals surface area contributed by atoms with Crippen LogP contribution in [0.5, 0.6) is 5.75 Å². The quantitative estimate of drug-likeness (QED) is 0.816. The average molecular weight is 337 g/mol. The van der Waals surface area contributed by atoms with Gasteiger partial charge in [0, 0.05) is 30.4 Å². The number of likely N-dealkylation sites (tertiary alicyclic amines) is 1. The molecule has 1 aliphatic heterocycles. The van der Waals surface area contributed by atoms with Gasteiger partial charge in [0.05, 0.1) is 17.2 Å². The van der Waals surface area contributed by atoms with Crippen LogP contribution in [0, 0.1) is 0 Å². The van der Waals surface area contributed by atoms with Crippen molar-refractivity contribution in [3.8, 4) is 5.75 Å². The Bertz CT molecular complexity index is 645. The van der Waals surface area contributed by atoms with E-state index in [2.05, 4.69) is 9.88 Å². The molecule has 2 heterocycles. The summed E-state index contributed by atoms with van der Waals surface area (Å²) in [5, 5.41) is 1.13. The molecule has 1 aromatic heterocycles. The number of halogens is 2. The third kappa shape index (κ3) is 3.07. The van der Waals surface area contributed by atoms with Gasteiger partial charge in [-0.3, -0.25) is 4.98 Å². The lowest BCUT2D eigenvalue weighted by Gasteiger charge is -2.35. The van der Waals surface area contributed by atoms with Crippen molar-refractivity contribution in [2.45, 2.75) is 12.3 Å². The minimum atomic E-state index is 0.115. The normalized spacial score (nSPS) is 16.1. The molecule has 5 heteroatoms. The van der Waals surface area contributed by atoms with Crippen molar-refractivity contribution >= 4 is 23.2 Å². The molecule has 0 bridgehead atoms. The lowest BCUT2D eigenvalue weighted by molar-refractivity contribution is 0.175. The van der Waals surface area contributed by atoms with Gasteiger partial charge >= 0.3 is 0 Å². The molecule has 3 rings (SSSR count). The van der Waals surface area contributed by atoms with Crippen LogP contribution in [0.15, 0.2) is 36.7 Å². The van der Waals surface area contributed by atoms with Gasteiger partial charge in [0.25, 0.3) is 0 Å². The van der Waals surface area contributed by atoms with Crippen molar-refractivity contribution < 1.29 is 4.74 Å². The van der Waals surface area contributed by atoms with Crippen LogP contribution in [0.4, 0.5) is 0 Å². The average Bonchev–Trinajstić information content (AvgIpc) is 2.51. The first kappa shape index (κ1) is 15.6. The van der Waals surface area contributed by atoms with E-state index in [4.69, 9.17) is 27.9 Å². The number of nitrogens with zero attached hydrogens (tertiary/aromatic N) is 2. The lowest BCUT2D eigenvalue weighted by Crippen LogP contribution is -2.40. The Morgan fingerprint density at radius 2 is 1.91 bits per heavy atom. The second-order valence-electron chi connectivity index (χ2n) is 5.46. The van der Waals surface area contributed by atoms with Gasteiger partial charge in [-0.1, -0.05) is 23.2 Å². The summed E-state index contributed by atoms with van der Waals surface area (Å²) in [6, 6.07) is 7.72. The Labute approximate surface area is 140 Å². The maximum Gasteiger partial charge on any atom is 0.124 e. The molecule has 2 aromatic rings. The van der Waals surface area contributed by atoms with Crippen LogP contribution in [0.3, 0.4) is 0 Å². The summed E-state index contributed by atoms with van der Waals surface area (Å²) in [5.41, 5.74) is 2.12. The number of hydrogen-bond donors (Lipinski definition) is 0. The SMILES string of the molecule is COc1ccc(Cl)c(Cl)c1C(CN1CCC1)c1ccncc1. The highest BCUT2D eigenvalue weighted by molar-refractivity contribution is 6.42. The fourth-order valence-corrected chi connectivity index (χ4v) is 3.29. The van der Waals surface area contributed by atoms with Crippen LogP contribution < -0.4 is 4.74 Å². The lowest BCUT2D eigenvalue weighted by atomic mass is 9.89. The summed E-state index contributed by atoms with van der Waals surface area (Å²) in [5.74, 6) is 0.890. The van der Waals surface area contributed by atoms with Crippen molar-refractivity contribution in [2.24, 2.45) is 0 Å². The van der Waals surface area contributed by atoms with E-state index in [1.165, 1.54) is 12.0 Å². The summed E-state index contributed by atoms with van der Waals surface area (Å²) in [6.07, 6.45) is 4.87. The smallest absolute Gasteiger partial charge is 0.124 e. The third-order valence-electron chi connectivity index (χ3n) is 4.16. The monoisotopic (exact) mass is 336 g/mol. The van der Waals surface area contributed by atoms with Crippen molar-refractivity contribution in [1.29, 1.82) is 0 Å². The van der Waals surface area contributed by atoms with E-state index in [1.807, 2.05) is 30.6 Å². The fourth-order valence-electron chi connectivity index (χ4n) is 2.83. The van der Waals surface area contributed by atoms with E-state index in [0.29, 0.717) is 10.0 Å². The van der Waals surface area contributed by atoms with Gasteiger partial charge in [0.2, 0.25) is 0 Å². The first-order valence-electron chi connectivity index (χ1n) is 7.35. The summed E-state index contributed by atoms with van der Waals surface area (Å²) < 4.78 is 5.54. The van der Waals surface area contributed by atoms with Crippen LogP contribution in [-0.4, -0.2) is 36.6 Å². The van der Waals surface area contributed by atoms with Gasteiger partial charge in [-0.25, -0.2) is 0 Å². The van der Waals surface area contributed by atoms with E-state index in [0.717, 1.165) is 30.9 Å². The number of ether oxygens (including phenoxy) is 1. The molecule has 1 aliphatic rings. The summed E-state index contributed by atoms with van der Waals surface area (Å²) >= 11 is 12.8. The van der Waals surface area contributed by atoms with E-state index in [-0.39, 0.29) is 5.92 Å². The summed E-state index contributed by atoms with van der Waals surface area (Å²) in [7, 11) is 1.66. The number of benzene rings is 1. The van der Waals surface area contributed by atoms with Gasteiger partial charge in [-0.2, -0.15) is 0 Å². The van der Waals surface area contributed by atoms with E-state index in [9.17, 15) is 0 Å². The zero-order valence-corrected chi connectivity index (χ0v) is 13.9. The molecule has 116 valence electrons. The van der Waals surface area contributed by atoms with Crippen molar-refractivity contribution in [3.63, 3.8) is 0 Å². The number of hydrogen-bond acceptors (Lipinski definition) is 3. The third-order valence-corrected chi connectivity index (χ3v) is 4.98. The van der Waals surface area contributed by atoms with Crippen molar-refractivity contribution in [2.75, 3.05) is 26.7 Å². The summed E-state index contributed by atoms with van der Waals surface area (Å²) in [4.78, 5) is 6.53. The van der Waals surface area contributed by atoms with Crippen LogP contribution >= 0.6 is 23.2 Å². The standard InChI is InChI=1S/C17H18Cl2N2O/c1-22-15-4-3-14(18)17(19)16(15)13(11-21-9-2-10-21)12-5-7-20-8-6-12/h3-8,13H,2,9-11H2,1H3. The van der Waals surface area contributed by atoms with Gasteiger partial charge in [0.1, 0.15) is 5.75 Å². The molecule has 0 N–H and O–H groups in total. The zero-order chi connectivity index (χ0) is 15.5. The highest BCUT2D eigenvalue weighted by atomic mass is 35.5. The minimum Gasteiger partial charge on any atom is -0.496 e. The Morgan fingerprint density at radius 1 is 1.18 bits per heavy atom. The highest BCUT2D eigenvalue weighted by Crippen LogP contribution is 2.41. The van der Waals surface area contributed by atoms with Crippen molar-refractivity contribution in [3.05, 3.63) is 57.8 Å². The van der Waals surface area contributed by atoms with E-state index >= 15 is 0 Å². The van der Waals surface area contributed by atoms with E-state index in [1.54, 1.807) is 13.2 Å². The van der Waals surface area contributed by atoms with Crippen LogP contribution in [-0.2, 0) is 0 Å². The first-order chi connectivity index (χ1) is 10.7. The maximum absolute atomic E-state index is 6.52. The van der Waals surface area contributed by atoms with Crippen LogP contribution in [0.25, 0.3) is 0 Å². The number of rotatable bonds is 5. The molecule has 22 heavy (non-hydrogen) atoms. The number of pyridine rings is 1. The molecular formula is C17H18Cl2N2O. The van der Waals surface area contributed by atoms with Gasteiger partial charge in [-0.15, -0.1) is 0 Å². The molecule has 0 saturated carbocycles. The van der Waals surface area contributed by atoms with Crippen LogP contribution in [0.2, 0.25) is 10.0 Å².